The SMILES string of the molecule is CC1(C)Oc2ccc(C(=O)NC3CCCC3)cc2NC1=O. The molecule has 0 aromatic heterocycles. The van der Waals surface area contributed by atoms with Crippen molar-refractivity contribution in [1.29, 1.82) is 0 Å². The summed E-state index contributed by atoms with van der Waals surface area (Å²) in [5.74, 6) is 0.296. The lowest BCUT2D eigenvalue weighted by Crippen LogP contribution is -2.45. The standard InChI is InChI=1S/C16H20N2O3/c1-16(2)15(20)18-12-9-10(7-8-13(12)21-16)14(19)17-11-5-3-4-6-11/h7-9,11H,3-6H2,1-2H3,(H,17,19)(H,18,20). The van der Waals surface area contributed by atoms with Crippen LogP contribution >= 0.6 is 0 Å². The number of anilines is 1. The molecule has 1 aromatic carbocycles. The van der Waals surface area contributed by atoms with Gasteiger partial charge in [-0.25, -0.2) is 0 Å². The van der Waals surface area contributed by atoms with E-state index in [1.54, 1.807) is 32.0 Å². The molecule has 0 atom stereocenters. The van der Waals surface area contributed by atoms with Crippen molar-refractivity contribution in [2.75, 3.05) is 5.32 Å². The number of hydrogen-bond donors (Lipinski definition) is 2. The van der Waals surface area contributed by atoms with Crippen LogP contribution in [0.2, 0.25) is 0 Å². The molecule has 1 aromatic rings. The van der Waals surface area contributed by atoms with E-state index in [1.165, 1.54) is 12.8 Å². The maximum Gasteiger partial charge on any atom is 0.268 e. The van der Waals surface area contributed by atoms with Crippen molar-refractivity contribution in [3.05, 3.63) is 23.8 Å². The van der Waals surface area contributed by atoms with Crippen molar-refractivity contribution in [3.63, 3.8) is 0 Å². The molecule has 1 heterocycles. The summed E-state index contributed by atoms with van der Waals surface area (Å²) in [5, 5.41) is 5.83. The van der Waals surface area contributed by atoms with Crippen molar-refractivity contribution in [2.24, 2.45) is 0 Å². The first-order chi connectivity index (χ1) is 9.95. The molecular weight excluding hydrogens is 268 g/mol. The third-order valence-electron chi connectivity index (χ3n) is 4.09. The minimum Gasteiger partial charge on any atom is -0.476 e. The Labute approximate surface area is 124 Å². The van der Waals surface area contributed by atoms with Crippen molar-refractivity contribution >= 4 is 17.5 Å². The van der Waals surface area contributed by atoms with E-state index in [1.807, 2.05) is 0 Å². The smallest absolute Gasteiger partial charge is 0.268 e. The van der Waals surface area contributed by atoms with E-state index < -0.39 is 5.60 Å². The lowest BCUT2D eigenvalue weighted by Gasteiger charge is -2.31. The first-order valence-corrected chi connectivity index (χ1v) is 7.41. The van der Waals surface area contributed by atoms with Crippen LogP contribution in [0.1, 0.15) is 49.9 Å². The molecule has 1 fully saturated rings. The number of hydrogen-bond acceptors (Lipinski definition) is 3. The number of ether oxygens (including phenoxy) is 1. The van der Waals surface area contributed by atoms with Crippen molar-refractivity contribution in [3.8, 4) is 5.75 Å². The minimum absolute atomic E-state index is 0.0937. The summed E-state index contributed by atoms with van der Waals surface area (Å²) in [5.41, 5.74) is 0.211. The number of nitrogens with one attached hydrogen (secondary N) is 2. The zero-order chi connectivity index (χ0) is 15.0. The fourth-order valence-corrected chi connectivity index (χ4v) is 2.79. The molecule has 1 aliphatic heterocycles. The molecular formula is C16H20N2O3. The third kappa shape index (κ3) is 2.73. The Morgan fingerprint density at radius 1 is 1.33 bits per heavy atom. The van der Waals surface area contributed by atoms with Crippen LogP contribution in [0.15, 0.2) is 18.2 Å². The molecule has 5 nitrogen and oxygen atoms in total. The van der Waals surface area contributed by atoms with Gasteiger partial charge in [0.05, 0.1) is 5.69 Å². The van der Waals surface area contributed by atoms with Gasteiger partial charge >= 0.3 is 0 Å². The van der Waals surface area contributed by atoms with Crippen LogP contribution in [0.4, 0.5) is 5.69 Å². The largest absolute Gasteiger partial charge is 0.476 e. The average Bonchev–Trinajstić information content (AvgIpc) is 2.92. The van der Waals surface area contributed by atoms with Crippen molar-refractivity contribution in [1.82, 2.24) is 5.32 Å². The number of carbonyl (C=O) groups is 2. The highest BCUT2D eigenvalue weighted by molar-refractivity contribution is 6.02. The Kier molecular flexibility index (Phi) is 3.35. The molecule has 2 N–H and O–H groups in total. The van der Waals surface area contributed by atoms with Crippen LogP contribution in [-0.2, 0) is 4.79 Å². The molecule has 0 bridgehead atoms. The Morgan fingerprint density at radius 2 is 2.05 bits per heavy atom. The fraction of sp³-hybridized carbons (Fsp3) is 0.500. The number of amides is 2. The van der Waals surface area contributed by atoms with Crippen LogP contribution in [0.5, 0.6) is 5.75 Å². The van der Waals surface area contributed by atoms with Gasteiger partial charge in [-0.05, 0) is 44.9 Å². The molecule has 5 heteroatoms. The minimum atomic E-state index is -0.888. The number of fused-ring (bicyclic) bond motifs is 1. The molecule has 1 aliphatic carbocycles. The first-order valence-electron chi connectivity index (χ1n) is 7.41. The summed E-state index contributed by atoms with van der Waals surface area (Å²) in [6.07, 6.45) is 4.44. The van der Waals surface area contributed by atoms with E-state index in [4.69, 9.17) is 4.74 Å². The molecule has 1 saturated carbocycles. The molecule has 0 saturated heterocycles. The Balaban J connectivity index is 1.78. The summed E-state index contributed by atoms with van der Waals surface area (Å²) in [6.45, 7) is 3.43. The third-order valence-corrected chi connectivity index (χ3v) is 4.09. The van der Waals surface area contributed by atoms with Crippen LogP contribution in [0.25, 0.3) is 0 Å². The Bertz CT molecular complexity index is 589. The quantitative estimate of drug-likeness (QED) is 0.878. The highest BCUT2D eigenvalue weighted by Gasteiger charge is 2.35. The number of rotatable bonds is 2. The van der Waals surface area contributed by atoms with Crippen molar-refractivity contribution < 1.29 is 14.3 Å². The summed E-state index contributed by atoms with van der Waals surface area (Å²) in [7, 11) is 0. The highest BCUT2D eigenvalue weighted by atomic mass is 16.5. The predicted octanol–water partition coefficient (Wildman–Crippen LogP) is 2.47. The van der Waals surface area contributed by atoms with Crippen LogP contribution in [0.3, 0.4) is 0 Å². The van der Waals surface area contributed by atoms with E-state index in [9.17, 15) is 9.59 Å². The second-order valence-electron chi connectivity index (χ2n) is 6.23. The zero-order valence-electron chi connectivity index (χ0n) is 12.4. The van der Waals surface area contributed by atoms with E-state index in [-0.39, 0.29) is 17.9 Å². The van der Waals surface area contributed by atoms with E-state index in [2.05, 4.69) is 10.6 Å². The summed E-state index contributed by atoms with van der Waals surface area (Å²) in [6, 6.07) is 5.42. The highest BCUT2D eigenvalue weighted by Crippen LogP contribution is 2.34. The second-order valence-corrected chi connectivity index (χ2v) is 6.23. The molecule has 3 rings (SSSR count). The zero-order valence-corrected chi connectivity index (χ0v) is 12.4. The van der Waals surface area contributed by atoms with Crippen LogP contribution in [-0.4, -0.2) is 23.5 Å². The molecule has 21 heavy (non-hydrogen) atoms. The number of carbonyl (C=O) groups excluding carboxylic acids is 2. The normalized spacial score (nSPS) is 20.4. The predicted molar refractivity (Wildman–Crippen MR) is 79.5 cm³/mol. The van der Waals surface area contributed by atoms with Gasteiger partial charge in [0.2, 0.25) is 0 Å². The van der Waals surface area contributed by atoms with Gasteiger partial charge in [0.25, 0.3) is 11.8 Å². The molecule has 2 amide bonds. The summed E-state index contributed by atoms with van der Waals surface area (Å²) >= 11 is 0. The summed E-state index contributed by atoms with van der Waals surface area (Å²) in [4.78, 5) is 24.1. The first kappa shape index (κ1) is 13.9. The monoisotopic (exact) mass is 288 g/mol. The van der Waals surface area contributed by atoms with E-state index in [0.717, 1.165) is 12.8 Å². The van der Waals surface area contributed by atoms with E-state index in [0.29, 0.717) is 17.0 Å². The molecule has 0 unspecified atom stereocenters. The lowest BCUT2D eigenvalue weighted by atomic mass is 10.0. The van der Waals surface area contributed by atoms with Crippen molar-refractivity contribution in [2.45, 2.75) is 51.2 Å². The lowest BCUT2D eigenvalue weighted by molar-refractivity contribution is -0.129. The van der Waals surface area contributed by atoms with E-state index >= 15 is 0 Å². The van der Waals surface area contributed by atoms with Gasteiger partial charge in [-0.15, -0.1) is 0 Å². The molecule has 0 radical (unpaired) electrons. The van der Waals surface area contributed by atoms with Gasteiger partial charge in [-0.3, -0.25) is 9.59 Å². The maximum atomic E-state index is 12.2. The van der Waals surface area contributed by atoms with Gasteiger partial charge in [-0.2, -0.15) is 0 Å². The maximum absolute atomic E-state index is 12.2. The van der Waals surface area contributed by atoms with Gasteiger partial charge < -0.3 is 15.4 Å². The molecule has 2 aliphatic rings. The Morgan fingerprint density at radius 3 is 2.76 bits per heavy atom. The average molecular weight is 288 g/mol. The Hall–Kier alpha value is -2.04. The molecule has 112 valence electrons. The van der Waals surface area contributed by atoms with Gasteiger partial charge in [0.15, 0.2) is 5.60 Å². The topological polar surface area (TPSA) is 67.4 Å². The van der Waals surface area contributed by atoms with Crippen LogP contribution in [0, 0.1) is 0 Å². The van der Waals surface area contributed by atoms with Gasteiger partial charge in [0.1, 0.15) is 5.75 Å². The van der Waals surface area contributed by atoms with Crippen LogP contribution < -0.4 is 15.4 Å². The fourth-order valence-electron chi connectivity index (χ4n) is 2.79. The molecule has 0 spiro atoms. The summed E-state index contributed by atoms with van der Waals surface area (Å²) < 4.78 is 5.66. The van der Waals surface area contributed by atoms with Gasteiger partial charge in [0, 0.05) is 11.6 Å². The van der Waals surface area contributed by atoms with Gasteiger partial charge in [-0.1, -0.05) is 12.8 Å². The number of benzene rings is 1. The second kappa shape index (κ2) is 5.06.